The van der Waals surface area contributed by atoms with Crippen molar-refractivity contribution in [1.29, 1.82) is 0 Å². The lowest BCUT2D eigenvalue weighted by atomic mass is 9.96. The van der Waals surface area contributed by atoms with Crippen molar-refractivity contribution in [3.8, 4) is 5.75 Å². The maximum atomic E-state index is 11.8. The zero-order valence-electron chi connectivity index (χ0n) is 12.8. The fourth-order valence-corrected chi connectivity index (χ4v) is 3.46. The molecule has 3 rings (SSSR count). The molecule has 1 aromatic rings. The van der Waals surface area contributed by atoms with E-state index in [1.54, 1.807) is 0 Å². The second kappa shape index (κ2) is 7.11. The summed E-state index contributed by atoms with van der Waals surface area (Å²) in [6, 6.07) is 10.2. The summed E-state index contributed by atoms with van der Waals surface area (Å²) in [5, 5.41) is 0. The van der Waals surface area contributed by atoms with Crippen LogP contribution in [-0.2, 0) is 9.53 Å². The number of rotatable bonds is 5. The van der Waals surface area contributed by atoms with Crippen LogP contribution in [0.4, 0.5) is 0 Å². The van der Waals surface area contributed by atoms with Crippen molar-refractivity contribution in [2.75, 3.05) is 32.9 Å². The molecule has 0 spiro atoms. The number of benzene rings is 1. The van der Waals surface area contributed by atoms with Gasteiger partial charge in [0.1, 0.15) is 5.75 Å². The minimum absolute atomic E-state index is 0.119. The lowest BCUT2D eigenvalue weighted by Gasteiger charge is -2.31. The van der Waals surface area contributed by atoms with Crippen LogP contribution >= 0.6 is 0 Å². The minimum atomic E-state index is -0.212. The fraction of sp³-hybridized carbons (Fsp3) is 0.588. The lowest BCUT2D eigenvalue weighted by Crippen LogP contribution is -2.38. The Kier molecular flexibility index (Phi) is 4.95. The maximum absolute atomic E-state index is 11.8. The monoisotopic (exact) mass is 304 g/mol. The normalized spacial score (nSPS) is 26.9. The highest BCUT2D eigenvalue weighted by Crippen LogP contribution is 2.29. The van der Waals surface area contributed by atoms with Crippen LogP contribution in [0.1, 0.15) is 12.8 Å². The Bertz CT molecular complexity index is 488. The Labute approximate surface area is 131 Å². The summed E-state index contributed by atoms with van der Waals surface area (Å²) in [6.07, 6.45) is 2.08. The number of likely N-dealkylation sites (tertiary alicyclic amines) is 1. The molecule has 2 heterocycles. The van der Waals surface area contributed by atoms with Crippen molar-refractivity contribution in [3.63, 3.8) is 0 Å². The number of carbonyl (C=O) groups excluding carboxylic acids is 1. The molecular weight excluding hydrogens is 280 g/mol. The van der Waals surface area contributed by atoms with Crippen LogP contribution in [0.5, 0.6) is 5.75 Å². The average molecular weight is 304 g/mol. The summed E-state index contributed by atoms with van der Waals surface area (Å²) in [5.74, 6) is 0.679. The first kappa shape index (κ1) is 15.3. The van der Waals surface area contributed by atoms with Gasteiger partial charge in [0.15, 0.2) is 0 Å². The number of nitrogens with two attached hydrogens (primary N) is 1. The molecule has 22 heavy (non-hydrogen) atoms. The Hall–Kier alpha value is -1.59. The van der Waals surface area contributed by atoms with Crippen LogP contribution < -0.4 is 10.5 Å². The molecule has 0 unspecified atom stereocenters. The van der Waals surface area contributed by atoms with Crippen LogP contribution in [0.15, 0.2) is 30.3 Å². The largest absolute Gasteiger partial charge is 0.493 e. The van der Waals surface area contributed by atoms with Crippen LogP contribution in [0, 0.1) is 11.8 Å². The number of hydrogen-bond donors (Lipinski definition) is 1. The van der Waals surface area contributed by atoms with E-state index in [4.69, 9.17) is 15.2 Å². The SMILES string of the molecule is NC(=O)[C@@H]1CN(C2CCOCC2)C[C@H]1COc1ccccc1. The van der Waals surface area contributed by atoms with E-state index in [1.807, 2.05) is 30.3 Å². The fourth-order valence-electron chi connectivity index (χ4n) is 3.46. The molecule has 0 radical (unpaired) electrons. The van der Waals surface area contributed by atoms with Crippen LogP contribution in [0.2, 0.25) is 0 Å². The van der Waals surface area contributed by atoms with Gasteiger partial charge >= 0.3 is 0 Å². The molecule has 2 atom stereocenters. The summed E-state index contributed by atoms with van der Waals surface area (Å²) in [6.45, 7) is 3.80. The van der Waals surface area contributed by atoms with Gasteiger partial charge in [-0.3, -0.25) is 9.69 Å². The molecular formula is C17H24N2O3. The average Bonchev–Trinajstić information content (AvgIpc) is 2.99. The molecule has 0 bridgehead atoms. The summed E-state index contributed by atoms with van der Waals surface area (Å²) in [5.41, 5.74) is 5.60. The van der Waals surface area contributed by atoms with E-state index in [1.165, 1.54) is 0 Å². The van der Waals surface area contributed by atoms with E-state index in [2.05, 4.69) is 4.90 Å². The Morgan fingerprint density at radius 1 is 1.23 bits per heavy atom. The van der Waals surface area contributed by atoms with Crippen molar-refractivity contribution >= 4 is 5.91 Å². The third-order valence-electron chi connectivity index (χ3n) is 4.75. The number of carbonyl (C=O) groups is 1. The second-order valence-corrected chi connectivity index (χ2v) is 6.19. The van der Waals surface area contributed by atoms with Gasteiger partial charge in [-0.25, -0.2) is 0 Å². The van der Waals surface area contributed by atoms with Gasteiger partial charge in [-0.2, -0.15) is 0 Å². The lowest BCUT2D eigenvalue weighted by molar-refractivity contribution is -0.122. The van der Waals surface area contributed by atoms with Gasteiger partial charge in [-0.15, -0.1) is 0 Å². The van der Waals surface area contributed by atoms with Gasteiger partial charge in [0, 0.05) is 38.3 Å². The number of para-hydroxylation sites is 1. The van der Waals surface area contributed by atoms with E-state index in [0.717, 1.165) is 44.9 Å². The van der Waals surface area contributed by atoms with Gasteiger partial charge in [-0.1, -0.05) is 18.2 Å². The highest BCUT2D eigenvalue weighted by Gasteiger charge is 2.39. The third-order valence-corrected chi connectivity index (χ3v) is 4.75. The molecule has 0 aromatic heterocycles. The molecule has 2 aliphatic rings. The number of primary amides is 1. The molecule has 5 nitrogen and oxygen atoms in total. The first-order valence-electron chi connectivity index (χ1n) is 8.03. The van der Waals surface area contributed by atoms with E-state index in [9.17, 15) is 4.79 Å². The molecule has 2 aliphatic heterocycles. The van der Waals surface area contributed by atoms with Crippen LogP contribution in [0.25, 0.3) is 0 Å². The van der Waals surface area contributed by atoms with E-state index in [-0.39, 0.29) is 17.7 Å². The molecule has 1 amide bonds. The van der Waals surface area contributed by atoms with Crippen molar-refractivity contribution in [2.45, 2.75) is 18.9 Å². The first-order chi connectivity index (χ1) is 10.7. The topological polar surface area (TPSA) is 64.8 Å². The summed E-state index contributed by atoms with van der Waals surface area (Å²) >= 11 is 0. The molecule has 5 heteroatoms. The van der Waals surface area contributed by atoms with Crippen molar-refractivity contribution in [2.24, 2.45) is 17.6 Å². The quantitative estimate of drug-likeness (QED) is 0.890. The predicted octanol–water partition coefficient (Wildman–Crippen LogP) is 1.28. The molecule has 1 aromatic carbocycles. The highest BCUT2D eigenvalue weighted by atomic mass is 16.5. The maximum Gasteiger partial charge on any atom is 0.222 e. The Morgan fingerprint density at radius 2 is 1.95 bits per heavy atom. The first-order valence-corrected chi connectivity index (χ1v) is 8.03. The van der Waals surface area contributed by atoms with Crippen molar-refractivity contribution in [1.82, 2.24) is 4.90 Å². The molecule has 2 N–H and O–H groups in total. The standard InChI is InChI=1S/C17H24N2O3/c18-17(20)16-11-19(14-6-8-21-9-7-14)10-13(16)12-22-15-4-2-1-3-5-15/h1-5,13-14,16H,6-12H2,(H2,18,20)/t13-,16+/m0/s1. The number of hydrogen-bond acceptors (Lipinski definition) is 4. The Balaban J connectivity index is 1.60. The zero-order chi connectivity index (χ0) is 15.4. The van der Waals surface area contributed by atoms with Gasteiger partial charge in [0.25, 0.3) is 0 Å². The second-order valence-electron chi connectivity index (χ2n) is 6.19. The van der Waals surface area contributed by atoms with Crippen molar-refractivity contribution < 1.29 is 14.3 Å². The number of amides is 1. The van der Waals surface area contributed by atoms with Crippen LogP contribution in [0.3, 0.4) is 0 Å². The summed E-state index contributed by atoms with van der Waals surface area (Å²) < 4.78 is 11.3. The molecule has 0 aliphatic carbocycles. The predicted molar refractivity (Wildman–Crippen MR) is 83.5 cm³/mol. The number of ether oxygens (including phenoxy) is 2. The van der Waals surface area contributed by atoms with Gasteiger partial charge in [0.2, 0.25) is 5.91 Å². The Morgan fingerprint density at radius 3 is 2.64 bits per heavy atom. The molecule has 0 saturated carbocycles. The van der Waals surface area contributed by atoms with E-state index in [0.29, 0.717) is 12.6 Å². The highest BCUT2D eigenvalue weighted by molar-refractivity contribution is 5.77. The summed E-state index contributed by atoms with van der Waals surface area (Å²) in [7, 11) is 0. The number of nitrogens with zero attached hydrogens (tertiary/aromatic N) is 1. The minimum Gasteiger partial charge on any atom is -0.493 e. The van der Waals surface area contributed by atoms with Gasteiger partial charge < -0.3 is 15.2 Å². The molecule has 2 fully saturated rings. The van der Waals surface area contributed by atoms with Crippen LogP contribution in [-0.4, -0.2) is 49.8 Å². The smallest absolute Gasteiger partial charge is 0.222 e. The van der Waals surface area contributed by atoms with E-state index < -0.39 is 0 Å². The van der Waals surface area contributed by atoms with E-state index >= 15 is 0 Å². The van der Waals surface area contributed by atoms with Crippen molar-refractivity contribution in [3.05, 3.63) is 30.3 Å². The molecule has 2 saturated heterocycles. The zero-order valence-corrected chi connectivity index (χ0v) is 12.8. The molecule has 120 valence electrons. The summed E-state index contributed by atoms with van der Waals surface area (Å²) in [4.78, 5) is 14.2. The van der Waals surface area contributed by atoms with Gasteiger partial charge in [0.05, 0.1) is 12.5 Å². The van der Waals surface area contributed by atoms with Gasteiger partial charge in [-0.05, 0) is 25.0 Å². The third kappa shape index (κ3) is 3.59.